The number of hydrogen-bond acceptors (Lipinski definition) is 13. The van der Waals surface area contributed by atoms with Gasteiger partial charge in [-0.1, -0.05) is 25.1 Å². The summed E-state index contributed by atoms with van der Waals surface area (Å²) in [6.07, 6.45) is -6.02. The van der Waals surface area contributed by atoms with E-state index in [1.54, 1.807) is 78.8 Å². The lowest BCUT2D eigenvalue weighted by molar-refractivity contribution is -0.428. The zero-order valence-electron chi connectivity index (χ0n) is 31.9. The van der Waals surface area contributed by atoms with E-state index in [1.807, 2.05) is 6.92 Å². The normalized spacial score (nSPS) is 38.8. The highest BCUT2D eigenvalue weighted by atomic mass is 16.7. The smallest absolute Gasteiger partial charge is 0.338 e. The summed E-state index contributed by atoms with van der Waals surface area (Å²) < 4.78 is 52.1. The highest BCUT2D eigenvalue weighted by Crippen LogP contribution is 2.70. The van der Waals surface area contributed by atoms with E-state index in [4.69, 9.17) is 37.9 Å². The Morgan fingerprint density at radius 2 is 1.44 bits per heavy atom. The Morgan fingerprint density at radius 1 is 0.827 bits per heavy atom. The number of ether oxygens (including phenoxy) is 8. The zero-order chi connectivity index (χ0) is 38.4. The van der Waals surface area contributed by atoms with Gasteiger partial charge in [0.1, 0.15) is 24.4 Å². The second-order valence-corrected chi connectivity index (χ2v) is 16.6. The van der Waals surface area contributed by atoms with E-state index in [1.165, 1.54) is 20.8 Å². The van der Waals surface area contributed by atoms with Crippen LogP contribution in [0.25, 0.3) is 0 Å². The van der Waals surface area contributed by atoms with E-state index in [-0.39, 0.29) is 25.0 Å². The lowest BCUT2D eigenvalue weighted by Gasteiger charge is -2.66. The van der Waals surface area contributed by atoms with E-state index in [9.17, 15) is 24.3 Å². The summed E-state index contributed by atoms with van der Waals surface area (Å²) in [6.45, 7) is 17.5. The van der Waals surface area contributed by atoms with Crippen LogP contribution in [0.4, 0.5) is 0 Å². The SMILES string of the molecule is CC(=O)O[C@H]1C[C@@]2(C(C)(C)O)C(=C1C)[C@@H](OC(C)=O)[C@@H]1OC(C)(C)O[C@H]3C[C@H]4OC(C)(C)OC[C@@]4(OC(C)=O)[C@@H]([C@@H]2OC(=O)c2ccccc2)[C@@]31C. The minimum Gasteiger partial charge on any atom is -0.458 e. The summed E-state index contributed by atoms with van der Waals surface area (Å²) in [5.74, 6) is -6.02. The number of hydrogen-bond donors (Lipinski definition) is 1. The molecule has 13 heteroatoms. The quantitative estimate of drug-likeness (QED) is 0.247. The molecule has 4 fully saturated rings. The number of benzene rings is 1. The second-order valence-electron chi connectivity index (χ2n) is 16.6. The van der Waals surface area contributed by atoms with Crippen LogP contribution in [0.2, 0.25) is 0 Å². The number of esters is 4. The summed E-state index contributed by atoms with van der Waals surface area (Å²) in [5, 5.41) is 12.7. The van der Waals surface area contributed by atoms with Crippen LogP contribution in [0.15, 0.2) is 41.5 Å². The average Bonchev–Trinajstić information content (AvgIpc) is 3.26. The van der Waals surface area contributed by atoms with Gasteiger partial charge in [-0.25, -0.2) is 4.79 Å². The van der Waals surface area contributed by atoms with Crippen molar-refractivity contribution in [3.05, 3.63) is 47.0 Å². The highest BCUT2D eigenvalue weighted by molar-refractivity contribution is 5.89. The Morgan fingerprint density at radius 3 is 2.02 bits per heavy atom. The van der Waals surface area contributed by atoms with Gasteiger partial charge in [-0.05, 0) is 71.7 Å². The Labute approximate surface area is 304 Å². The Balaban J connectivity index is 1.76. The van der Waals surface area contributed by atoms with E-state index >= 15 is 0 Å². The monoisotopic (exact) mass is 728 g/mol. The fourth-order valence-electron chi connectivity index (χ4n) is 10.1. The molecule has 0 spiro atoms. The van der Waals surface area contributed by atoms with Crippen LogP contribution >= 0.6 is 0 Å². The molecular weight excluding hydrogens is 676 g/mol. The summed E-state index contributed by atoms with van der Waals surface area (Å²) in [6, 6.07) is 8.39. The maximum Gasteiger partial charge on any atom is 0.338 e. The van der Waals surface area contributed by atoms with Gasteiger partial charge < -0.3 is 43.0 Å². The van der Waals surface area contributed by atoms with Crippen molar-refractivity contribution in [1.29, 1.82) is 0 Å². The molecular formula is C39H52O13. The minimum absolute atomic E-state index is 0.0794. The van der Waals surface area contributed by atoms with E-state index in [2.05, 4.69) is 0 Å². The molecule has 1 aromatic carbocycles. The Kier molecular flexibility index (Phi) is 9.31. The van der Waals surface area contributed by atoms with Crippen molar-refractivity contribution in [2.24, 2.45) is 16.7 Å². The molecule has 10 atom stereocenters. The van der Waals surface area contributed by atoms with Crippen molar-refractivity contribution < 1.29 is 62.2 Å². The highest BCUT2D eigenvalue weighted by Gasteiger charge is 2.80. The van der Waals surface area contributed by atoms with Gasteiger partial charge in [-0.3, -0.25) is 14.4 Å². The molecule has 1 aromatic rings. The van der Waals surface area contributed by atoms with Crippen molar-refractivity contribution in [3.63, 3.8) is 0 Å². The van der Waals surface area contributed by atoms with Crippen LogP contribution < -0.4 is 0 Å². The van der Waals surface area contributed by atoms with Gasteiger partial charge in [0, 0.05) is 39.0 Å². The summed E-state index contributed by atoms with van der Waals surface area (Å²) in [4.78, 5) is 53.6. The molecule has 1 N–H and O–H groups in total. The third-order valence-corrected chi connectivity index (χ3v) is 11.9. The van der Waals surface area contributed by atoms with Gasteiger partial charge in [0.25, 0.3) is 0 Å². The third-order valence-electron chi connectivity index (χ3n) is 11.9. The van der Waals surface area contributed by atoms with Gasteiger partial charge in [-0.15, -0.1) is 0 Å². The van der Waals surface area contributed by atoms with Crippen LogP contribution in [0.3, 0.4) is 0 Å². The first-order valence-corrected chi connectivity index (χ1v) is 17.9. The molecule has 0 amide bonds. The van der Waals surface area contributed by atoms with Crippen molar-refractivity contribution in [2.75, 3.05) is 6.61 Å². The molecule has 2 heterocycles. The second kappa shape index (κ2) is 12.6. The van der Waals surface area contributed by atoms with Crippen molar-refractivity contribution in [1.82, 2.24) is 0 Å². The molecule has 0 unspecified atom stereocenters. The zero-order valence-corrected chi connectivity index (χ0v) is 31.9. The molecule has 3 aliphatic carbocycles. The molecule has 5 aliphatic rings. The maximum atomic E-state index is 14.5. The Hall–Kier alpha value is -3.36. The molecule has 2 aliphatic heterocycles. The average molecular weight is 729 g/mol. The van der Waals surface area contributed by atoms with Crippen LogP contribution in [0.1, 0.15) is 99.4 Å². The number of aliphatic hydroxyl groups is 1. The molecule has 2 saturated heterocycles. The minimum atomic E-state index is -1.78. The number of fused-ring (bicyclic) bond motifs is 3. The molecule has 0 radical (unpaired) electrons. The lowest BCUT2D eigenvalue weighted by atomic mass is 9.50. The van der Waals surface area contributed by atoms with Gasteiger partial charge in [-0.2, -0.15) is 0 Å². The van der Waals surface area contributed by atoms with Crippen LogP contribution in [-0.4, -0.2) is 95.0 Å². The van der Waals surface area contributed by atoms with E-state index < -0.39 is 100 Å². The maximum absolute atomic E-state index is 14.5. The molecule has 6 rings (SSSR count). The molecule has 52 heavy (non-hydrogen) atoms. The van der Waals surface area contributed by atoms with Crippen LogP contribution in [-0.2, 0) is 52.3 Å². The molecule has 13 nitrogen and oxygen atoms in total. The largest absolute Gasteiger partial charge is 0.458 e. The molecule has 0 aromatic heterocycles. The molecule has 2 saturated carbocycles. The van der Waals surface area contributed by atoms with Crippen LogP contribution in [0.5, 0.6) is 0 Å². The van der Waals surface area contributed by atoms with Crippen molar-refractivity contribution in [2.45, 2.75) is 148 Å². The van der Waals surface area contributed by atoms with E-state index in [0.717, 1.165) is 0 Å². The third kappa shape index (κ3) is 5.96. The fraction of sp³-hybridized carbons (Fsp3) is 0.692. The first-order valence-electron chi connectivity index (χ1n) is 17.9. The van der Waals surface area contributed by atoms with Crippen LogP contribution in [0, 0.1) is 16.7 Å². The van der Waals surface area contributed by atoms with Gasteiger partial charge in [0.15, 0.2) is 23.3 Å². The predicted octanol–water partition coefficient (Wildman–Crippen LogP) is 4.57. The van der Waals surface area contributed by atoms with Gasteiger partial charge in [0.05, 0.1) is 35.2 Å². The summed E-state index contributed by atoms with van der Waals surface area (Å²) >= 11 is 0. The standard InChI is InChI=1S/C39H52O13/c1-20-25(46-21(2)40)18-38(34(5,6)44)28(20)29(47-22(3)41)31-37(11)26(50-36(9,10)52-31)17-27-39(49-23(4)42,19-45-35(7,8)51-27)30(37)32(38)48-33(43)24-15-13-12-14-16-24/h12-16,25-27,29-32,44H,17-19H2,1-11H3/t25-,26-,27+,29+,30-,31-,32-,37+,38+,39-/m0/s1. The summed E-state index contributed by atoms with van der Waals surface area (Å²) in [5.41, 5.74) is -5.27. The topological polar surface area (TPSA) is 162 Å². The van der Waals surface area contributed by atoms with Crippen molar-refractivity contribution in [3.8, 4) is 0 Å². The summed E-state index contributed by atoms with van der Waals surface area (Å²) in [7, 11) is 0. The molecule has 0 bridgehead atoms. The van der Waals surface area contributed by atoms with E-state index in [0.29, 0.717) is 11.1 Å². The van der Waals surface area contributed by atoms with Gasteiger partial charge in [0.2, 0.25) is 0 Å². The number of carbonyl (C=O) groups is 4. The number of rotatable bonds is 6. The predicted molar refractivity (Wildman–Crippen MR) is 182 cm³/mol. The lowest BCUT2D eigenvalue weighted by Crippen LogP contribution is -2.79. The first kappa shape index (κ1) is 38.4. The van der Waals surface area contributed by atoms with Crippen molar-refractivity contribution >= 4 is 23.9 Å². The fourth-order valence-corrected chi connectivity index (χ4v) is 10.1. The van der Waals surface area contributed by atoms with Gasteiger partial charge >= 0.3 is 23.9 Å². The first-order chi connectivity index (χ1) is 24.0. The molecule has 286 valence electrons. The Bertz CT molecular complexity index is 1660. The number of carbonyl (C=O) groups excluding carboxylic acids is 4.